The van der Waals surface area contributed by atoms with E-state index >= 15 is 0 Å². The number of amides is 1. The van der Waals surface area contributed by atoms with E-state index in [0.29, 0.717) is 23.7 Å². The topological polar surface area (TPSA) is 75.7 Å². The fourth-order valence-electron chi connectivity index (χ4n) is 2.96. The number of rotatable bonds is 3. The van der Waals surface area contributed by atoms with E-state index in [4.69, 9.17) is 4.74 Å². The quantitative estimate of drug-likeness (QED) is 0.760. The Bertz CT molecular complexity index is 1020. The highest BCUT2D eigenvalue weighted by molar-refractivity contribution is 9.10. The minimum atomic E-state index is -3.81. The predicted molar refractivity (Wildman–Crippen MR) is 109 cm³/mol. The number of carbonyl (C=O) groups is 1. The minimum Gasteiger partial charge on any atom is -0.484 e. The van der Waals surface area contributed by atoms with Crippen molar-refractivity contribution in [3.63, 3.8) is 0 Å². The molecule has 0 atom stereocenters. The van der Waals surface area contributed by atoms with Crippen LogP contribution in [0.2, 0.25) is 0 Å². The van der Waals surface area contributed by atoms with Crippen molar-refractivity contribution in [1.29, 1.82) is 0 Å². The first-order valence-electron chi connectivity index (χ1n) is 8.39. The molecule has 8 heteroatoms. The number of hydrogen-bond acceptors (Lipinski definition) is 4. The van der Waals surface area contributed by atoms with Crippen molar-refractivity contribution in [2.24, 2.45) is 0 Å². The van der Waals surface area contributed by atoms with Crippen LogP contribution in [0.5, 0.6) is 5.75 Å². The van der Waals surface area contributed by atoms with Crippen LogP contribution in [0, 0.1) is 6.92 Å². The largest absolute Gasteiger partial charge is 0.484 e. The number of benzene rings is 2. The maximum absolute atomic E-state index is 12.8. The highest BCUT2D eigenvalue weighted by Gasteiger charge is 2.34. The van der Waals surface area contributed by atoms with E-state index in [2.05, 4.69) is 20.7 Å². The lowest BCUT2D eigenvalue weighted by atomic mass is 10.1. The van der Waals surface area contributed by atoms with Crippen molar-refractivity contribution in [2.45, 2.75) is 38.2 Å². The number of carbonyl (C=O) groups excluding carboxylic acids is 1. The Kier molecular flexibility index (Phi) is 4.98. The van der Waals surface area contributed by atoms with Crippen molar-refractivity contribution in [3.05, 3.63) is 46.4 Å². The lowest BCUT2D eigenvalue weighted by Gasteiger charge is -2.39. The first kappa shape index (κ1) is 19.7. The van der Waals surface area contributed by atoms with Crippen LogP contribution in [0.1, 0.15) is 26.3 Å². The smallest absolute Gasteiger partial charge is 0.261 e. The Hall–Kier alpha value is -2.06. The van der Waals surface area contributed by atoms with Gasteiger partial charge in [0.2, 0.25) is 5.91 Å². The molecule has 1 amide bonds. The summed E-state index contributed by atoms with van der Waals surface area (Å²) in [7, 11) is -3.81. The van der Waals surface area contributed by atoms with Crippen LogP contribution >= 0.6 is 15.9 Å². The predicted octanol–water partition coefficient (Wildman–Crippen LogP) is 4.08. The molecular formula is C19H21BrN2O4S. The van der Waals surface area contributed by atoms with Gasteiger partial charge in [0.05, 0.1) is 17.1 Å². The Morgan fingerprint density at radius 1 is 1.22 bits per heavy atom. The van der Waals surface area contributed by atoms with Crippen molar-refractivity contribution in [2.75, 3.05) is 16.2 Å². The van der Waals surface area contributed by atoms with E-state index in [1.54, 1.807) is 29.2 Å². The van der Waals surface area contributed by atoms with E-state index in [9.17, 15) is 13.2 Å². The maximum Gasteiger partial charge on any atom is 0.261 e. The summed E-state index contributed by atoms with van der Waals surface area (Å²) in [5.74, 6) is 0.318. The summed E-state index contributed by atoms with van der Waals surface area (Å²) in [6.45, 7) is 7.44. The van der Waals surface area contributed by atoms with Gasteiger partial charge in [0.25, 0.3) is 10.0 Å². The van der Waals surface area contributed by atoms with Gasteiger partial charge in [-0.15, -0.1) is 0 Å². The number of nitrogens with zero attached hydrogens (tertiary/aromatic N) is 1. The average Bonchev–Trinajstić information content (AvgIpc) is 2.56. The summed E-state index contributed by atoms with van der Waals surface area (Å²) < 4.78 is 35.0. The second-order valence-electron chi connectivity index (χ2n) is 7.17. The Labute approximate surface area is 167 Å². The molecule has 0 fully saturated rings. The fourth-order valence-corrected chi connectivity index (χ4v) is 4.28. The van der Waals surface area contributed by atoms with Crippen LogP contribution in [0.3, 0.4) is 0 Å². The molecule has 1 N–H and O–H groups in total. The van der Waals surface area contributed by atoms with Crippen LogP contribution in [-0.4, -0.2) is 26.5 Å². The number of aryl methyl sites for hydroxylation is 1. The van der Waals surface area contributed by atoms with E-state index in [0.717, 1.165) is 10.0 Å². The molecule has 6 nitrogen and oxygen atoms in total. The highest BCUT2D eigenvalue weighted by Crippen LogP contribution is 2.38. The first-order valence-corrected chi connectivity index (χ1v) is 10.7. The van der Waals surface area contributed by atoms with Crippen molar-refractivity contribution >= 4 is 43.2 Å². The molecule has 0 radical (unpaired) electrons. The van der Waals surface area contributed by atoms with E-state index in [1.165, 1.54) is 19.1 Å². The monoisotopic (exact) mass is 452 g/mol. The second-order valence-corrected chi connectivity index (χ2v) is 9.70. The van der Waals surface area contributed by atoms with Gasteiger partial charge < -0.3 is 9.64 Å². The molecule has 2 aromatic rings. The van der Waals surface area contributed by atoms with Crippen LogP contribution < -0.4 is 14.4 Å². The summed E-state index contributed by atoms with van der Waals surface area (Å²) >= 11 is 3.40. The van der Waals surface area contributed by atoms with Gasteiger partial charge in [0.15, 0.2) is 0 Å². The van der Waals surface area contributed by atoms with Gasteiger partial charge in [-0.2, -0.15) is 0 Å². The average molecular weight is 453 g/mol. The minimum absolute atomic E-state index is 0.0661. The molecule has 0 saturated carbocycles. The van der Waals surface area contributed by atoms with Gasteiger partial charge in [0, 0.05) is 17.1 Å². The molecule has 0 unspecified atom stereocenters. The normalized spacial score (nSPS) is 15.7. The molecule has 2 aromatic carbocycles. The lowest BCUT2D eigenvalue weighted by Crippen LogP contribution is -2.48. The van der Waals surface area contributed by atoms with Gasteiger partial charge in [-0.1, -0.05) is 15.9 Å². The van der Waals surface area contributed by atoms with Gasteiger partial charge >= 0.3 is 0 Å². The Balaban J connectivity index is 1.99. The number of hydrogen-bond donors (Lipinski definition) is 1. The number of anilines is 2. The van der Waals surface area contributed by atoms with Gasteiger partial charge in [-0.3, -0.25) is 9.52 Å². The van der Waals surface area contributed by atoms with Crippen LogP contribution in [-0.2, 0) is 14.8 Å². The summed E-state index contributed by atoms with van der Waals surface area (Å²) in [4.78, 5) is 13.7. The SMILES string of the molecule is CC(=O)N1CC(C)(C)Oc2ccc(S(=O)(=O)Nc3ccc(Br)c(C)c3)cc21. The molecular weight excluding hydrogens is 432 g/mol. The van der Waals surface area contributed by atoms with Crippen LogP contribution in [0.4, 0.5) is 11.4 Å². The molecule has 1 heterocycles. The number of fused-ring (bicyclic) bond motifs is 1. The third kappa shape index (κ3) is 4.11. The van der Waals surface area contributed by atoms with E-state index in [1.807, 2.05) is 20.8 Å². The van der Waals surface area contributed by atoms with E-state index in [-0.39, 0.29) is 10.8 Å². The number of nitrogens with one attached hydrogen (secondary N) is 1. The second kappa shape index (κ2) is 6.83. The Morgan fingerprint density at radius 3 is 2.56 bits per heavy atom. The van der Waals surface area contributed by atoms with Crippen molar-refractivity contribution in [3.8, 4) is 5.75 Å². The zero-order valence-corrected chi connectivity index (χ0v) is 17.9. The molecule has 0 bridgehead atoms. The molecule has 1 aliphatic heterocycles. The maximum atomic E-state index is 12.8. The third-order valence-electron chi connectivity index (χ3n) is 4.25. The van der Waals surface area contributed by atoms with Crippen molar-refractivity contribution < 1.29 is 17.9 Å². The Morgan fingerprint density at radius 2 is 1.93 bits per heavy atom. The fraction of sp³-hybridized carbons (Fsp3) is 0.316. The molecule has 3 rings (SSSR count). The third-order valence-corrected chi connectivity index (χ3v) is 6.52. The number of sulfonamides is 1. The number of ether oxygens (including phenoxy) is 1. The standard InChI is InChI=1S/C19H21BrN2O4S/c1-12-9-14(5-7-16(12)20)21-27(24,25)15-6-8-18-17(10-15)22(13(2)23)11-19(3,4)26-18/h5-10,21H,11H2,1-4H3. The van der Waals surface area contributed by atoms with Crippen LogP contribution in [0.25, 0.3) is 0 Å². The zero-order valence-electron chi connectivity index (χ0n) is 15.5. The summed E-state index contributed by atoms with van der Waals surface area (Å²) in [6.07, 6.45) is 0. The molecule has 1 aliphatic rings. The zero-order chi connectivity index (χ0) is 20.0. The molecule has 144 valence electrons. The highest BCUT2D eigenvalue weighted by atomic mass is 79.9. The van der Waals surface area contributed by atoms with Crippen molar-refractivity contribution in [1.82, 2.24) is 0 Å². The van der Waals surface area contributed by atoms with Crippen LogP contribution in [0.15, 0.2) is 45.8 Å². The summed E-state index contributed by atoms with van der Waals surface area (Å²) in [5, 5.41) is 0. The molecule has 0 aliphatic carbocycles. The van der Waals surface area contributed by atoms with E-state index < -0.39 is 15.6 Å². The van der Waals surface area contributed by atoms with Gasteiger partial charge in [-0.25, -0.2) is 8.42 Å². The summed E-state index contributed by atoms with van der Waals surface area (Å²) in [5.41, 5.74) is 1.29. The molecule has 0 aromatic heterocycles. The summed E-state index contributed by atoms with van der Waals surface area (Å²) in [6, 6.07) is 9.75. The molecule has 27 heavy (non-hydrogen) atoms. The first-order chi connectivity index (χ1) is 12.5. The van der Waals surface area contributed by atoms with Gasteiger partial charge in [0.1, 0.15) is 11.4 Å². The molecule has 0 saturated heterocycles. The molecule has 0 spiro atoms. The lowest BCUT2D eigenvalue weighted by molar-refractivity contribution is -0.117. The van der Waals surface area contributed by atoms with Gasteiger partial charge in [-0.05, 0) is 62.7 Å². The number of halogens is 1.